The maximum Gasteiger partial charge on any atom is 0.184 e. The van der Waals surface area contributed by atoms with Gasteiger partial charge in [-0.3, -0.25) is 19.8 Å². The number of rotatable bonds is 3. The van der Waals surface area contributed by atoms with Gasteiger partial charge < -0.3 is 20.7 Å². The van der Waals surface area contributed by atoms with E-state index < -0.39 is 34.4 Å². The zero-order chi connectivity index (χ0) is 21.8. The van der Waals surface area contributed by atoms with Gasteiger partial charge in [0, 0.05) is 11.6 Å². The predicted molar refractivity (Wildman–Crippen MR) is 107 cm³/mol. The van der Waals surface area contributed by atoms with Crippen molar-refractivity contribution in [1.29, 1.82) is 0 Å². The minimum absolute atomic E-state index is 0.0295. The summed E-state index contributed by atoms with van der Waals surface area (Å²) in [6.07, 6.45) is 1.14. The van der Waals surface area contributed by atoms with Crippen LogP contribution >= 0.6 is 12.2 Å². The number of fused-ring (bicyclic) bond motifs is 3. The number of allylic oxidation sites excluding steroid dienone is 2. The average Bonchev–Trinajstić information content (AvgIpc) is 2.91. The number of hydrogen-bond acceptors (Lipinski definition) is 8. The van der Waals surface area contributed by atoms with E-state index in [2.05, 4.69) is 22.7 Å². The maximum atomic E-state index is 13.4. The van der Waals surface area contributed by atoms with Crippen LogP contribution in [0.5, 0.6) is 17.2 Å². The highest BCUT2D eigenvalue weighted by molar-refractivity contribution is 7.80. The molecule has 0 amide bonds. The van der Waals surface area contributed by atoms with Gasteiger partial charge in [0.1, 0.15) is 39.9 Å². The molecule has 3 rings (SSSR count). The van der Waals surface area contributed by atoms with Crippen LogP contribution in [0.2, 0.25) is 0 Å². The van der Waals surface area contributed by atoms with Crippen LogP contribution in [-0.4, -0.2) is 38.4 Å². The van der Waals surface area contributed by atoms with Gasteiger partial charge in [-0.1, -0.05) is 0 Å². The number of benzene rings is 1. The average molecular weight is 417 g/mol. The number of ketones is 3. The SMILES string of the molecule is CC(=O)c1c(O)c(C)c(O)c2c1OC1=CC(=O)C(/C(C)=N/NC(N)=S)C(=O)[C@]12C. The molecule has 1 aromatic rings. The Morgan fingerprint density at radius 1 is 1.31 bits per heavy atom. The van der Waals surface area contributed by atoms with Gasteiger partial charge in [-0.25, -0.2) is 0 Å². The summed E-state index contributed by atoms with van der Waals surface area (Å²) < 4.78 is 5.67. The largest absolute Gasteiger partial charge is 0.507 e. The smallest absolute Gasteiger partial charge is 0.184 e. The van der Waals surface area contributed by atoms with Crippen LogP contribution in [0.25, 0.3) is 0 Å². The molecule has 2 aliphatic rings. The number of nitrogens with two attached hydrogens (primary N) is 1. The van der Waals surface area contributed by atoms with E-state index >= 15 is 0 Å². The first kappa shape index (κ1) is 20.5. The van der Waals surface area contributed by atoms with Crippen LogP contribution in [0.3, 0.4) is 0 Å². The minimum atomic E-state index is -1.55. The molecule has 1 aromatic carbocycles. The number of aromatic hydroxyl groups is 2. The molecule has 1 aliphatic carbocycles. The van der Waals surface area contributed by atoms with Gasteiger partial charge in [-0.15, -0.1) is 0 Å². The number of hydrazone groups is 1. The number of hydrogen-bond donors (Lipinski definition) is 4. The number of carbonyl (C=O) groups excluding carboxylic acids is 3. The standard InChI is InChI=1S/C19H19N3O6S/c1-6-14(25)12(8(3)23)16-13(15(6)26)19(4)10(28-16)5-9(24)11(17(19)27)7(2)21-22-18(20)29/h5,11,25-26H,1-4H3,(H3,20,22,29)/b21-7+/t11?,19-/m1/s1. The van der Waals surface area contributed by atoms with E-state index in [1.807, 2.05) is 0 Å². The number of ether oxygens (including phenoxy) is 1. The Morgan fingerprint density at radius 2 is 1.93 bits per heavy atom. The second-order valence-electron chi connectivity index (χ2n) is 7.12. The first-order valence-corrected chi connectivity index (χ1v) is 9.01. The summed E-state index contributed by atoms with van der Waals surface area (Å²) in [7, 11) is 0. The zero-order valence-corrected chi connectivity index (χ0v) is 16.9. The molecule has 0 bridgehead atoms. The van der Waals surface area contributed by atoms with Crippen molar-refractivity contribution in [3.8, 4) is 17.2 Å². The maximum absolute atomic E-state index is 13.4. The lowest BCUT2D eigenvalue weighted by molar-refractivity contribution is -0.131. The van der Waals surface area contributed by atoms with Crippen molar-refractivity contribution in [2.75, 3.05) is 0 Å². The molecular weight excluding hydrogens is 398 g/mol. The quantitative estimate of drug-likeness (QED) is 0.186. The number of phenolic OH excluding ortho intramolecular Hbond substituents is 2. The van der Waals surface area contributed by atoms with Crippen molar-refractivity contribution in [2.24, 2.45) is 16.8 Å². The van der Waals surface area contributed by atoms with Gasteiger partial charge in [0.05, 0.1) is 11.3 Å². The summed E-state index contributed by atoms with van der Waals surface area (Å²) in [6.45, 7) is 5.59. The fraction of sp³-hybridized carbons (Fsp3) is 0.316. The van der Waals surface area contributed by atoms with Crippen molar-refractivity contribution in [3.63, 3.8) is 0 Å². The Bertz CT molecular complexity index is 1070. The highest BCUT2D eigenvalue weighted by Crippen LogP contribution is 2.57. The van der Waals surface area contributed by atoms with Crippen molar-refractivity contribution < 1.29 is 29.3 Å². The molecule has 1 aliphatic heterocycles. The fourth-order valence-corrected chi connectivity index (χ4v) is 3.75. The first-order valence-electron chi connectivity index (χ1n) is 8.60. The Kier molecular flexibility index (Phi) is 4.70. The van der Waals surface area contributed by atoms with Gasteiger partial charge in [-0.05, 0) is 39.9 Å². The third-order valence-corrected chi connectivity index (χ3v) is 5.36. The molecule has 0 saturated heterocycles. The molecule has 1 heterocycles. The van der Waals surface area contributed by atoms with E-state index in [0.717, 1.165) is 6.08 Å². The lowest BCUT2D eigenvalue weighted by Gasteiger charge is -2.31. The number of thiocarbonyl (C=S) groups is 1. The van der Waals surface area contributed by atoms with Crippen molar-refractivity contribution in [2.45, 2.75) is 33.1 Å². The van der Waals surface area contributed by atoms with Gasteiger partial charge in [0.15, 0.2) is 22.5 Å². The molecule has 0 saturated carbocycles. The van der Waals surface area contributed by atoms with E-state index in [1.165, 1.54) is 27.7 Å². The van der Waals surface area contributed by atoms with Crippen LogP contribution < -0.4 is 15.9 Å². The highest BCUT2D eigenvalue weighted by atomic mass is 32.1. The summed E-state index contributed by atoms with van der Waals surface area (Å²) >= 11 is 4.67. The summed E-state index contributed by atoms with van der Waals surface area (Å²) in [5.41, 5.74) is 6.14. The number of Topliss-reactive ketones (excluding diaryl/α,β-unsaturated/α-hetero) is 2. The second-order valence-corrected chi connectivity index (χ2v) is 7.56. The molecule has 5 N–H and O–H groups in total. The Hall–Kier alpha value is -3.27. The molecule has 10 heteroatoms. The molecule has 152 valence electrons. The van der Waals surface area contributed by atoms with Crippen LogP contribution in [0.15, 0.2) is 16.9 Å². The predicted octanol–water partition coefficient (Wildman–Crippen LogP) is 1.12. The van der Waals surface area contributed by atoms with E-state index in [0.29, 0.717) is 0 Å². The van der Waals surface area contributed by atoms with Gasteiger partial charge in [0.25, 0.3) is 0 Å². The van der Waals surface area contributed by atoms with Crippen LogP contribution in [0, 0.1) is 12.8 Å². The minimum Gasteiger partial charge on any atom is -0.507 e. The Balaban J connectivity index is 2.26. The third-order valence-electron chi connectivity index (χ3n) is 5.27. The Labute approximate surface area is 171 Å². The van der Waals surface area contributed by atoms with Gasteiger partial charge >= 0.3 is 0 Å². The lowest BCUT2D eigenvalue weighted by atomic mass is 9.67. The van der Waals surface area contributed by atoms with Crippen LogP contribution in [0.4, 0.5) is 0 Å². The van der Waals surface area contributed by atoms with Gasteiger partial charge in [-0.2, -0.15) is 5.10 Å². The second kappa shape index (κ2) is 6.66. The Morgan fingerprint density at radius 3 is 2.48 bits per heavy atom. The summed E-state index contributed by atoms with van der Waals surface area (Å²) in [4.78, 5) is 38.2. The molecule has 29 heavy (non-hydrogen) atoms. The molecule has 0 radical (unpaired) electrons. The molecule has 0 spiro atoms. The van der Waals surface area contributed by atoms with Crippen molar-refractivity contribution in [3.05, 3.63) is 28.5 Å². The lowest BCUT2D eigenvalue weighted by Crippen LogP contribution is -2.47. The van der Waals surface area contributed by atoms with E-state index in [9.17, 15) is 24.6 Å². The van der Waals surface area contributed by atoms with E-state index in [4.69, 9.17) is 10.5 Å². The molecular formula is C19H19N3O6S. The molecule has 0 fully saturated rings. The fourth-order valence-electron chi connectivity index (χ4n) is 3.71. The van der Waals surface area contributed by atoms with Crippen LogP contribution in [-0.2, 0) is 15.0 Å². The molecule has 0 aromatic heterocycles. The number of phenols is 2. The first-order chi connectivity index (χ1) is 13.4. The van der Waals surface area contributed by atoms with E-state index in [1.54, 1.807) is 0 Å². The van der Waals surface area contributed by atoms with Crippen LogP contribution in [0.1, 0.15) is 42.3 Å². The van der Waals surface area contributed by atoms with Gasteiger partial charge in [0.2, 0.25) is 0 Å². The molecule has 9 nitrogen and oxygen atoms in total. The zero-order valence-electron chi connectivity index (χ0n) is 16.1. The summed E-state index contributed by atoms with van der Waals surface area (Å²) in [6, 6.07) is 0. The van der Waals surface area contributed by atoms with Crippen molar-refractivity contribution >= 4 is 40.4 Å². The molecule has 1 unspecified atom stereocenters. The van der Waals surface area contributed by atoms with Crippen molar-refractivity contribution in [1.82, 2.24) is 5.43 Å². The normalized spacial score (nSPS) is 23.1. The topological polar surface area (TPSA) is 151 Å². The number of nitrogens with one attached hydrogen (secondary N) is 1. The summed E-state index contributed by atoms with van der Waals surface area (Å²) in [5.74, 6) is -3.95. The number of nitrogens with zero attached hydrogens (tertiary/aromatic N) is 1. The number of carbonyl (C=O) groups is 3. The third kappa shape index (κ3) is 2.79. The van der Waals surface area contributed by atoms with E-state index in [-0.39, 0.29) is 44.8 Å². The molecule has 2 atom stereocenters. The summed E-state index contributed by atoms with van der Waals surface area (Å²) in [5, 5.41) is 24.8. The highest BCUT2D eigenvalue weighted by Gasteiger charge is 2.57. The monoisotopic (exact) mass is 417 g/mol.